The average molecular weight is 443 g/mol. The molecule has 0 N–H and O–H groups in total. The molecule has 0 atom stereocenters. The second kappa shape index (κ2) is 7.64. The molecule has 2 heterocycles. The van der Waals surface area contributed by atoms with Crippen LogP contribution in [0.25, 0.3) is 5.57 Å². The topological polar surface area (TPSA) is 40.6 Å². The number of imide groups is 1. The van der Waals surface area contributed by atoms with Crippen molar-refractivity contribution in [2.75, 3.05) is 16.3 Å². The van der Waals surface area contributed by atoms with Gasteiger partial charge in [0.1, 0.15) is 5.70 Å². The molecule has 32 heavy (non-hydrogen) atoms. The second-order valence-corrected chi connectivity index (χ2v) is 8.84. The molecule has 5 heteroatoms. The molecule has 3 aromatic rings. The number of amides is 2. The maximum absolute atomic E-state index is 13.8. The number of hydrogen-bond donors (Lipinski definition) is 0. The van der Waals surface area contributed by atoms with E-state index in [2.05, 4.69) is 6.07 Å². The lowest BCUT2D eigenvalue weighted by Crippen LogP contribution is -2.34. The molecular weight excluding hydrogens is 420 g/mol. The number of rotatable bonds is 3. The summed E-state index contributed by atoms with van der Waals surface area (Å²) in [5.41, 5.74) is 7.38. The Morgan fingerprint density at radius 2 is 1.56 bits per heavy atom. The summed E-state index contributed by atoms with van der Waals surface area (Å²) in [4.78, 5) is 30.8. The predicted molar refractivity (Wildman–Crippen MR) is 129 cm³/mol. The molecule has 0 aliphatic carbocycles. The number of carbonyl (C=O) groups excluding carboxylic acids is 2. The fraction of sp³-hybridized carbons (Fsp3) is 0.185. The van der Waals surface area contributed by atoms with Gasteiger partial charge in [-0.3, -0.25) is 9.59 Å². The lowest BCUT2D eigenvalue weighted by molar-refractivity contribution is -0.120. The van der Waals surface area contributed by atoms with E-state index in [4.69, 9.17) is 11.6 Å². The number of para-hydroxylation sites is 1. The van der Waals surface area contributed by atoms with Crippen molar-refractivity contribution in [3.05, 3.63) is 99.2 Å². The van der Waals surface area contributed by atoms with Gasteiger partial charge >= 0.3 is 0 Å². The Morgan fingerprint density at radius 3 is 2.31 bits per heavy atom. The molecule has 3 aromatic carbocycles. The zero-order valence-electron chi connectivity index (χ0n) is 18.3. The highest BCUT2D eigenvalue weighted by Gasteiger charge is 2.44. The third-order valence-corrected chi connectivity index (χ3v) is 6.83. The molecule has 4 nitrogen and oxygen atoms in total. The second-order valence-electron chi connectivity index (χ2n) is 8.43. The smallest absolute Gasteiger partial charge is 0.282 e. The number of halogens is 1. The maximum atomic E-state index is 13.8. The van der Waals surface area contributed by atoms with Crippen LogP contribution in [-0.4, -0.2) is 18.4 Å². The lowest BCUT2D eigenvalue weighted by Gasteiger charge is -2.22. The van der Waals surface area contributed by atoms with E-state index in [9.17, 15) is 9.59 Å². The summed E-state index contributed by atoms with van der Waals surface area (Å²) >= 11 is 6.34. The Balaban J connectivity index is 1.70. The van der Waals surface area contributed by atoms with E-state index in [0.29, 0.717) is 28.5 Å². The van der Waals surface area contributed by atoms with Crippen LogP contribution in [-0.2, 0) is 16.0 Å². The first kappa shape index (κ1) is 20.5. The highest BCUT2D eigenvalue weighted by atomic mass is 35.5. The molecule has 2 aliphatic rings. The highest BCUT2D eigenvalue weighted by Crippen LogP contribution is 2.40. The molecule has 0 spiro atoms. The fourth-order valence-corrected chi connectivity index (χ4v) is 4.63. The number of fused-ring (bicyclic) bond motifs is 1. The lowest BCUT2D eigenvalue weighted by atomic mass is 9.99. The van der Waals surface area contributed by atoms with Gasteiger partial charge in [0, 0.05) is 17.3 Å². The van der Waals surface area contributed by atoms with E-state index < -0.39 is 0 Å². The fourth-order valence-electron chi connectivity index (χ4n) is 4.45. The van der Waals surface area contributed by atoms with Crippen LogP contribution in [0, 0.1) is 20.8 Å². The predicted octanol–water partition coefficient (Wildman–Crippen LogP) is 5.61. The third-order valence-electron chi connectivity index (χ3n) is 6.43. The van der Waals surface area contributed by atoms with Crippen molar-refractivity contribution in [3.8, 4) is 0 Å². The molecule has 0 radical (unpaired) electrons. The third kappa shape index (κ3) is 3.14. The van der Waals surface area contributed by atoms with Gasteiger partial charge in [0.05, 0.1) is 11.3 Å². The van der Waals surface area contributed by atoms with Gasteiger partial charge in [0.25, 0.3) is 11.8 Å². The first-order valence-electron chi connectivity index (χ1n) is 10.7. The van der Waals surface area contributed by atoms with Crippen molar-refractivity contribution in [1.29, 1.82) is 0 Å². The SMILES string of the molecule is Cc1ccc(C2=C(N3CCc4ccccc43)C(=O)N(c3ccc(C)c(Cl)c3)C2=O)cc1C. The van der Waals surface area contributed by atoms with Crippen molar-refractivity contribution in [2.45, 2.75) is 27.2 Å². The molecule has 0 saturated heterocycles. The molecule has 2 aliphatic heterocycles. The summed E-state index contributed by atoms with van der Waals surface area (Å²) < 4.78 is 0. The van der Waals surface area contributed by atoms with Gasteiger partial charge < -0.3 is 4.90 Å². The quantitative estimate of drug-likeness (QED) is 0.495. The van der Waals surface area contributed by atoms with E-state index in [1.54, 1.807) is 12.1 Å². The normalized spacial score (nSPS) is 15.8. The summed E-state index contributed by atoms with van der Waals surface area (Å²) in [6.07, 6.45) is 0.831. The van der Waals surface area contributed by atoms with Gasteiger partial charge in [0.2, 0.25) is 0 Å². The number of hydrogen-bond acceptors (Lipinski definition) is 3. The summed E-state index contributed by atoms with van der Waals surface area (Å²) in [5.74, 6) is -0.641. The van der Waals surface area contributed by atoms with Crippen LogP contribution < -0.4 is 9.80 Å². The van der Waals surface area contributed by atoms with Crippen LogP contribution in [0.4, 0.5) is 11.4 Å². The molecular formula is C27H23ClN2O2. The van der Waals surface area contributed by atoms with Gasteiger partial charge in [0.15, 0.2) is 0 Å². The van der Waals surface area contributed by atoms with Gasteiger partial charge in [-0.15, -0.1) is 0 Å². The Hall–Kier alpha value is -3.37. The minimum absolute atomic E-state index is 0.320. The van der Waals surface area contributed by atoms with Crippen LogP contribution in [0.2, 0.25) is 5.02 Å². The summed E-state index contributed by atoms with van der Waals surface area (Å²) in [7, 11) is 0. The monoisotopic (exact) mass is 442 g/mol. The zero-order valence-corrected chi connectivity index (χ0v) is 19.0. The van der Waals surface area contributed by atoms with Gasteiger partial charge in [-0.1, -0.05) is 54.1 Å². The highest BCUT2D eigenvalue weighted by molar-refractivity contribution is 6.46. The molecule has 0 aromatic heterocycles. The minimum Gasteiger partial charge on any atom is -0.336 e. The zero-order chi connectivity index (χ0) is 22.6. The van der Waals surface area contributed by atoms with E-state index in [1.165, 1.54) is 10.5 Å². The van der Waals surface area contributed by atoms with E-state index in [0.717, 1.165) is 34.4 Å². The molecule has 0 fully saturated rings. The summed E-state index contributed by atoms with van der Waals surface area (Å²) in [6.45, 7) is 6.60. The van der Waals surface area contributed by atoms with Gasteiger partial charge in [-0.05, 0) is 73.2 Å². The van der Waals surface area contributed by atoms with Crippen molar-refractivity contribution in [2.24, 2.45) is 0 Å². The van der Waals surface area contributed by atoms with E-state index in [1.807, 2.05) is 68.1 Å². The van der Waals surface area contributed by atoms with Crippen molar-refractivity contribution < 1.29 is 9.59 Å². The standard InChI is InChI=1S/C27H23ClN2O2/c1-16-8-10-20(14-18(16)3)24-25(29-13-12-19-6-4-5-7-23(19)29)27(32)30(26(24)31)21-11-9-17(2)22(28)15-21/h4-11,14-15H,12-13H2,1-3H3. The summed E-state index contributed by atoms with van der Waals surface area (Å²) in [5, 5.41) is 0.524. The first-order valence-corrected chi connectivity index (χ1v) is 11.1. The molecule has 5 rings (SSSR count). The number of benzene rings is 3. The van der Waals surface area contributed by atoms with Crippen molar-refractivity contribution >= 4 is 40.4 Å². The minimum atomic E-state index is -0.322. The van der Waals surface area contributed by atoms with Crippen LogP contribution in [0.1, 0.15) is 27.8 Å². The molecule has 0 bridgehead atoms. The van der Waals surface area contributed by atoms with Crippen LogP contribution in [0.3, 0.4) is 0 Å². The number of nitrogens with zero attached hydrogens (tertiary/aromatic N) is 2. The van der Waals surface area contributed by atoms with Gasteiger partial charge in [-0.2, -0.15) is 0 Å². The van der Waals surface area contributed by atoms with E-state index in [-0.39, 0.29) is 11.8 Å². The molecule has 2 amide bonds. The largest absolute Gasteiger partial charge is 0.336 e. The van der Waals surface area contributed by atoms with Crippen LogP contribution in [0.5, 0.6) is 0 Å². The number of aryl methyl sites for hydroxylation is 3. The van der Waals surface area contributed by atoms with Gasteiger partial charge in [-0.25, -0.2) is 4.90 Å². The maximum Gasteiger partial charge on any atom is 0.282 e. The number of carbonyl (C=O) groups is 2. The number of anilines is 2. The average Bonchev–Trinajstić information content (AvgIpc) is 3.30. The summed E-state index contributed by atoms with van der Waals surface area (Å²) in [6, 6.07) is 19.3. The van der Waals surface area contributed by atoms with Crippen molar-refractivity contribution in [1.82, 2.24) is 0 Å². The van der Waals surface area contributed by atoms with Crippen LogP contribution >= 0.6 is 11.6 Å². The molecule has 160 valence electrons. The Morgan fingerprint density at radius 1 is 0.812 bits per heavy atom. The van der Waals surface area contributed by atoms with Crippen molar-refractivity contribution in [3.63, 3.8) is 0 Å². The Labute approximate surface area is 192 Å². The van der Waals surface area contributed by atoms with E-state index >= 15 is 0 Å². The molecule has 0 saturated carbocycles. The Kier molecular flexibility index (Phi) is 4.90. The first-order chi connectivity index (χ1) is 15.4. The van der Waals surface area contributed by atoms with Crippen LogP contribution in [0.15, 0.2) is 66.4 Å². The molecule has 0 unspecified atom stereocenters. The Bertz CT molecular complexity index is 1320.